The first kappa shape index (κ1) is 13.3. The van der Waals surface area contributed by atoms with Gasteiger partial charge in [-0.3, -0.25) is 0 Å². The minimum Gasteiger partial charge on any atom is -0.456 e. The summed E-state index contributed by atoms with van der Waals surface area (Å²) in [5.41, 5.74) is 0. The van der Waals surface area contributed by atoms with E-state index in [9.17, 15) is 13.6 Å². The lowest BCUT2D eigenvalue weighted by Gasteiger charge is -2.11. The molecule has 1 atom stereocenters. The number of hydrogen-bond acceptors (Lipinski definition) is 4. The molecule has 1 N–H and O–H groups in total. The number of esters is 1. The van der Waals surface area contributed by atoms with Crippen LogP contribution in [0.5, 0.6) is 0 Å². The lowest BCUT2D eigenvalue weighted by Crippen LogP contribution is -2.30. The van der Waals surface area contributed by atoms with Gasteiger partial charge >= 0.3 is 11.9 Å². The van der Waals surface area contributed by atoms with Gasteiger partial charge in [-0.25, -0.2) is 4.79 Å². The molecule has 0 spiro atoms. The van der Waals surface area contributed by atoms with Crippen LogP contribution in [-0.4, -0.2) is 43.8 Å². The third-order valence-electron chi connectivity index (χ3n) is 2.16. The second-order valence-electron chi connectivity index (χ2n) is 4.06. The molecule has 4 nitrogen and oxygen atoms in total. The lowest BCUT2D eigenvalue weighted by atomic mass is 10.2. The number of rotatable bonds is 6. The normalized spacial score (nSPS) is 23.8. The number of halogens is 2. The van der Waals surface area contributed by atoms with Gasteiger partial charge in [0.25, 0.3) is 0 Å². The largest absolute Gasteiger partial charge is 0.456 e. The maximum atomic E-state index is 12.7. The van der Waals surface area contributed by atoms with Crippen molar-refractivity contribution in [3.63, 3.8) is 0 Å². The van der Waals surface area contributed by atoms with Crippen molar-refractivity contribution >= 4 is 5.97 Å². The number of alkyl halides is 2. The summed E-state index contributed by atoms with van der Waals surface area (Å²) in [5, 5.41) is 2.91. The Morgan fingerprint density at radius 2 is 2.31 bits per heavy atom. The van der Waals surface area contributed by atoms with Gasteiger partial charge in [-0.2, -0.15) is 8.78 Å². The fraction of sp³-hybridized carbons (Fsp3) is 0.900. The number of carbonyl (C=O) groups is 1. The number of cyclic esters (lactones) is 1. The van der Waals surface area contributed by atoms with Crippen molar-refractivity contribution in [3.05, 3.63) is 0 Å². The minimum atomic E-state index is -3.32. The van der Waals surface area contributed by atoms with Crippen molar-refractivity contribution < 1.29 is 23.0 Å². The summed E-state index contributed by atoms with van der Waals surface area (Å²) in [6.07, 6.45) is -1.12. The van der Waals surface area contributed by atoms with E-state index < -0.39 is 24.4 Å². The van der Waals surface area contributed by atoms with E-state index in [4.69, 9.17) is 4.74 Å². The van der Waals surface area contributed by atoms with Gasteiger partial charge in [0.15, 0.2) is 0 Å². The van der Waals surface area contributed by atoms with Crippen molar-refractivity contribution in [2.24, 2.45) is 0 Å². The highest BCUT2D eigenvalue weighted by atomic mass is 19.3. The first-order valence-electron chi connectivity index (χ1n) is 5.33. The molecule has 1 fully saturated rings. The fourth-order valence-electron chi connectivity index (χ4n) is 1.39. The second kappa shape index (κ2) is 5.54. The Kier molecular flexibility index (Phi) is 4.61. The molecule has 0 aromatic heterocycles. The van der Waals surface area contributed by atoms with Gasteiger partial charge in [-0.15, -0.1) is 0 Å². The van der Waals surface area contributed by atoms with Crippen LogP contribution in [0.25, 0.3) is 0 Å². The van der Waals surface area contributed by atoms with E-state index in [0.717, 1.165) is 0 Å². The summed E-state index contributed by atoms with van der Waals surface area (Å²) in [6, 6.07) is 0. The highest BCUT2D eigenvalue weighted by Gasteiger charge is 2.50. The molecule has 94 valence electrons. The van der Waals surface area contributed by atoms with Gasteiger partial charge in [0.05, 0.1) is 19.1 Å². The summed E-state index contributed by atoms with van der Waals surface area (Å²) in [7, 11) is 0. The molecule has 16 heavy (non-hydrogen) atoms. The van der Waals surface area contributed by atoms with E-state index in [-0.39, 0.29) is 12.6 Å². The number of hydrogen-bond donors (Lipinski definition) is 1. The molecule has 0 radical (unpaired) electrons. The number of nitrogens with one attached hydrogen (secondary N) is 1. The average molecular weight is 237 g/mol. The van der Waals surface area contributed by atoms with E-state index in [1.54, 1.807) is 0 Å². The van der Waals surface area contributed by atoms with E-state index in [1.807, 2.05) is 13.8 Å². The average Bonchev–Trinajstić information content (AvgIpc) is 2.39. The predicted molar refractivity (Wildman–Crippen MR) is 53.4 cm³/mol. The first-order chi connectivity index (χ1) is 7.42. The van der Waals surface area contributed by atoms with Crippen LogP contribution in [0.4, 0.5) is 8.78 Å². The standard InChI is InChI=1S/C10H17F2NO3/c1-7(2)15-4-3-13-6-8-5-10(11,12)9(14)16-8/h7-8,13H,3-6H2,1-2H3. The van der Waals surface area contributed by atoms with Gasteiger partial charge in [0.2, 0.25) is 0 Å². The highest BCUT2D eigenvalue weighted by molar-refractivity contribution is 5.79. The molecular formula is C10H17F2NO3. The van der Waals surface area contributed by atoms with Crippen molar-refractivity contribution in [2.75, 3.05) is 19.7 Å². The quantitative estimate of drug-likeness (QED) is 0.552. The molecule has 0 saturated carbocycles. The number of carbonyl (C=O) groups excluding carboxylic acids is 1. The van der Waals surface area contributed by atoms with E-state index in [1.165, 1.54) is 0 Å². The lowest BCUT2D eigenvalue weighted by molar-refractivity contribution is -0.159. The van der Waals surface area contributed by atoms with Gasteiger partial charge in [0, 0.05) is 13.1 Å². The van der Waals surface area contributed by atoms with Gasteiger partial charge < -0.3 is 14.8 Å². The summed E-state index contributed by atoms with van der Waals surface area (Å²) < 4.78 is 35.2. The molecule has 1 aliphatic heterocycles. The van der Waals surface area contributed by atoms with Crippen LogP contribution in [0.3, 0.4) is 0 Å². The molecule has 0 amide bonds. The summed E-state index contributed by atoms with van der Waals surface area (Å²) in [4.78, 5) is 10.7. The molecule has 1 saturated heterocycles. The zero-order valence-electron chi connectivity index (χ0n) is 9.46. The third-order valence-corrected chi connectivity index (χ3v) is 2.16. The predicted octanol–water partition coefficient (Wildman–Crippen LogP) is 0.952. The Hall–Kier alpha value is -0.750. The fourth-order valence-corrected chi connectivity index (χ4v) is 1.39. The maximum Gasteiger partial charge on any atom is 0.377 e. The van der Waals surface area contributed by atoms with Crippen LogP contribution in [0.1, 0.15) is 20.3 Å². The van der Waals surface area contributed by atoms with E-state index >= 15 is 0 Å². The van der Waals surface area contributed by atoms with E-state index in [2.05, 4.69) is 10.1 Å². The van der Waals surface area contributed by atoms with Crippen LogP contribution < -0.4 is 5.32 Å². The topological polar surface area (TPSA) is 47.6 Å². The molecule has 0 aromatic carbocycles. The first-order valence-corrected chi connectivity index (χ1v) is 5.33. The molecule has 1 unspecified atom stereocenters. The van der Waals surface area contributed by atoms with Gasteiger partial charge in [0.1, 0.15) is 6.10 Å². The van der Waals surface area contributed by atoms with Crippen molar-refractivity contribution in [1.29, 1.82) is 0 Å². The number of ether oxygens (including phenoxy) is 2. The molecule has 1 heterocycles. The van der Waals surface area contributed by atoms with Crippen LogP contribution in [0, 0.1) is 0 Å². The molecule has 1 rings (SSSR count). The monoisotopic (exact) mass is 237 g/mol. The molecule has 0 aliphatic carbocycles. The van der Waals surface area contributed by atoms with Gasteiger partial charge in [-0.05, 0) is 13.8 Å². The van der Waals surface area contributed by atoms with Crippen LogP contribution in [0.15, 0.2) is 0 Å². The zero-order chi connectivity index (χ0) is 12.2. The molecule has 1 aliphatic rings. The molecule has 0 aromatic rings. The van der Waals surface area contributed by atoms with Crippen LogP contribution >= 0.6 is 0 Å². The van der Waals surface area contributed by atoms with Gasteiger partial charge in [-0.1, -0.05) is 0 Å². The van der Waals surface area contributed by atoms with Crippen LogP contribution in [0.2, 0.25) is 0 Å². The SMILES string of the molecule is CC(C)OCCNCC1CC(F)(F)C(=O)O1. The third kappa shape index (κ3) is 4.02. The molecular weight excluding hydrogens is 220 g/mol. The Morgan fingerprint density at radius 1 is 1.62 bits per heavy atom. The smallest absolute Gasteiger partial charge is 0.377 e. The maximum absolute atomic E-state index is 12.7. The Balaban J connectivity index is 2.09. The second-order valence-corrected chi connectivity index (χ2v) is 4.06. The van der Waals surface area contributed by atoms with Crippen molar-refractivity contribution in [1.82, 2.24) is 5.32 Å². The van der Waals surface area contributed by atoms with E-state index in [0.29, 0.717) is 13.2 Å². The summed E-state index contributed by atoms with van der Waals surface area (Å²) >= 11 is 0. The Morgan fingerprint density at radius 3 is 2.81 bits per heavy atom. The Labute approximate surface area is 93.3 Å². The van der Waals surface area contributed by atoms with Crippen LogP contribution in [-0.2, 0) is 14.3 Å². The highest BCUT2D eigenvalue weighted by Crippen LogP contribution is 2.30. The summed E-state index contributed by atoms with van der Waals surface area (Å²) in [6.45, 7) is 5.13. The molecule has 6 heteroatoms. The zero-order valence-corrected chi connectivity index (χ0v) is 9.46. The van der Waals surface area contributed by atoms with Crippen molar-refractivity contribution in [2.45, 2.75) is 38.4 Å². The van der Waals surface area contributed by atoms with Crippen molar-refractivity contribution in [3.8, 4) is 0 Å². The minimum absolute atomic E-state index is 0.149. The Bertz CT molecular complexity index is 246. The summed E-state index contributed by atoms with van der Waals surface area (Å²) in [5.74, 6) is -4.74. The molecule has 0 bridgehead atoms.